The van der Waals surface area contributed by atoms with Crippen molar-refractivity contribution in [2.24, 2.45) is 0 Å². The van der Waals surface area contributed by atoms with Crippen molar-refractivity contribution in [2.75, 3.05) is 0 Å². The van der Waals surface area contributed by atoms with Crippen molar-refractivity contribution in [1.82, 2.24) is 10.2 Å². The Morgan fingerprint density at radius 3 is 2.57 bits per heavy atom. The summed E-state index contributed by atoms with van der Waals surface area (Å²) in [6.45, 7) is 0. The van der Waals surface area contributed by atoms with Gasteiger partial charge in [0.15, 0.2) is 0 Å². The van der Waals surface area contributed by atoms with Gasteiger partial charge in [-0.15, -0.1) is 0 Å². The fraction of sp³-hybridized carbons (Fsp3) is 0. The zero-order valence-corrected chi connectivity index (χ0v) is 8.63. The molecule has 4 heteroatoms. The number of nitrogens with zero attached hydrogens (tertiary/aromatic N) is 2. The highest BCUT2D eigenvalue weighted by Crippen LogP contribution is 2.32. The fourth-order valence-corrected chi connectivity index (χ4v) is 1.59. The molecule has 14 heavy (non-hydrogen) atoms. The van der Waals surface area contributed by atoms with E-state index in [0.29, 0.717) is 10.0 Å². The molecule has 0 unspecified atom stereocenters. The highest BCUT2D eigenvalue weighted by atomic mass is 35.5. The Morgan fingerprint density at radius 1 is 1.00 bits per heavy atom. The Bertz CT molecular complexity index is 443. The molecule has 1 aromatic heterocycles. The minimum Gasteiger partial charge on any atom is -0.159 e. The lowest BCUT2D eigenvalue weighted by atomic mass is 10.1. The van der Waals surface area contributed by atoms with E-state index in [9.17, 15) is 0 Å². The van der Waals surface area contributed by atoms with Crippen molar-refractivity contribution >= 4 is 23.2 Å². The first-order valence-corrected chi connectivity index (χ1v) is 4.75. The molecule has 0 aliphatic carbocycles. The van der Waals surface area contributed by atoms with Gasteiger partial charge in [0.05, 0.1) is 22.4 Å². The molecule has 1 heterocycles. The summed E-state index contributed by atoms with van der Waals surface area (Å²) in [6, 6.07) is 7.34. The second-order valence-corrected chi connectivity index (χ2v) is 3.52. The van der Waals surface area contributed by atoms with Crippen LogP contribution < -0.4 is 0 Å². The molecule has 0 aliphatic heterocycles. The van der Waals surface area contributed by atoms with E-state index in [1.165, 1.54) is 0 Å². The van der Waals surface area contributed by atoms with Gasteiger partial charge in [-0.25, -0.2) is 0 Å². The second-order valence-electron chi connectivity index (χ2n) is 2.73. The molecule has 0 radical (unpaired) electrons. The van der Waals surface area contributed by atoms with Crippen LogP contribution in [0.15, 0.2) is 36.7 Å². The molecule has 0 saturated carbocycles. The van der Waals surface area contributed by atoms with Crippen molar-refractivity contribution in [3.05, 3.63) is 46.7 Å². The fourth-order valence-electron chi connectivity index (χ4n) is 1.18. The molecule has 0 spiro atoms. The lowest BCUT2D eigenvalue weighted by molar-refractivity contribution is 1.03. The molecule has 2 rings (SSSR count). The average Bonchev–Trinajstić information content (AvgIpc) is 2.23. The van der Waals surface area contributed by atoms with Gasteiger partial charge in [0.25, 0.3) is 0 Å². The van der Waals surface area contributed by atoms with Gasteiger partial charge in [0.2, 0.25) is 0 Å². The van der Waals surface area contributed by atoms with Crippen LogP contribution in [0.25, 0.3) is 11.1 Å². The van der Waals surface area contributed by atoms with Crippen molar-refractivity contribution in [1.29, 1.82) is 0 Å². The summed E-state index contributed by atoms with van der Waals surface area (Å²) in [4.78, 5) is 0. The van der Waals surface area contributed by atoms with E-state index in [1.54, 1.807) is 18.5 Å². The lowest BCUT2D eigenvalue weighted by Crippen LogP contribution is -1.83. The maximum Gasteiger partial charge on any atom is 0.0671 e. The Labute approximate surface area is 91.5 Å². The van der Waals surface area contributed by atoms with Gasteiger partial charge in [-0.05, 0) is 12.1 Å². The van der Waals surface area contributed by atoms with Gasteiger partial charge in [0.1, 0.15) is 0 Å². The van der Waals surface area contributed by atoms with Gasteiger partial charge in [-0.2, -0.15) is 10.2 Å². The van der Waals surface area contributed by atoms with Crippen LogP contribution in [0, 0.1) is 0 Å². The first-order chi connectivity index (χ1) is 6.79. The van der Waals surface area contributed by atoms with Crippen molar-refractivity contribution in [2.45, 2.75) is 0 Å². The Hall–Kier alpha value is -1.12. The summed E-state index contributed by atoms with van der Waals surface area (Å²) < 4.78 is 0. The topological polar surface area (TPSA) is 25.8 Å². The second kappa shape index (κ2) is 3.95. The summed E-state index contributed by atoms with van der Waals surface area (Å²) in [5.41, 5.74) is 1.78. The number of hydrogen-bond acceptors (Lipinski definition) is 2. The van der Waals surface area contributed by atoms with Crippen LogP contribution in [0.2, 0.25) is 10.0 Å². The predicted octanol–water partition coefficient (Wildman–Crippen LogP) is 3.45. The maximum atomic E-state index is 6.05. The van der Waals surface area contributed by atoms with E-state index in [2.05, 4.69) is 10.2 Å². The SMILES string of the molecule is Clc1cccc(-c2ccnnc2)c1Cl. The van der Waals surface area contributed by atoms with E-state index in [0.717, 1.165) is 11.1 Å². The third-order valence-corrected chi connectivity index (χ3v) is 2.67. The van der Waals surface area contributed by atoms with E-state index < -0.39 is 0 Å². The molecule has 0 bridgehead atoms. The van der Waals surface area contributed by atoms with Crippen molar-refractivity contribution in [3.8, 4) is 11.1 Å². The maximum absolute atomic E-state index is 6.05. The lowest BCUT2D eigenvalue weighted by Gasteiger charge is -2.04. The number of halogens is 2. The summed E-state index contributed by atoms with van der Waals surface area (Å²) in [5.74, 6) is 0. The van der Waals surface area contributed by atoms with E-state index >= 15 is 0 Å². The minimum atomic E-state index is 0.543. The van der Waals surface area contributed by atoms with Crippen LogP contribution in [0.5, 0.6) is 0 Å². The Kier molecular flexibility index (Phi) is 2.66. The Morgan fingerprint density at radius 2 is 1.86 bits per heavy atom. The zero-order valence-electron chi connectivity index (χ0n) is 7.11. The van der Waals surface area contributed by atoms with Gasteiger partial charge in [-0.1, -0.05) is 35.3 Å². The highest BCUT2D eigenvalue weighted by Gasteiger charge is 2.05. The number of hydrogen-bond donors (Lipinski definition) is 0. The van der Waals surface area contributed by atoms with Gasteiger partial charge in [0, 0.05) is 11.1 Å². The average molecular weight is 225 g/mol. The smallest absolute Gasteiger partial charge is 0.0671 e. The monoisotopic (exact) mass is 224 g/mol. The van der Waals surface area contributed by atoms with Crippen molar-refractivity contribution in [3.63, 3.8) is 0 Å². The van der Waals surface area contributed by atoms with Gasteiger partial charge in [-0.3, -0.25) is 0 Å². The third-order valence-electron chi connectivity index (χ3n) is 1.85. The third kappa shape index (κ3) is 1.72. The molecule has 1 aromatic carbocycles. The van der Waals surface area contributed by atoms with E-state index in [-0.39, 0.29) is 0 Å². The van der Waals surface area contributed by atoms with E-state index in [1.807, 2.05) is 18.2 Å². The Balaban J connectivity index is 2.58. The first-order valence-electron chi connectivity index (χ1n) is 4.00. The zero-order chi connectivity index (χ0) is 9.97. The molecule has 0 atom stereocenters. The summed E-state index contributed by atoms with van der Waals surface area (Å²) >= 11 is 11.9. The van der Waals surface area contributed by atoms with Gasteiger partial charge >= 0.3 is 0 Å². The highest BCUT2D eigenvalue weighted by molar-refractivity contribution is 6.43. The predicted molar refractivity (Wildman–Crippen MR) is 57.5 cm³/mol. The molecule has 2 nitrogen and oxygen atoms in total. The van der Waals surface area contributed by atoms with Crippen LogP contribution in [-0.4, -0.2) is 10.2 Å². The van der Waals surface area contributed by atoms with Crippen LogP contribution >= 0.6 is 23.2 Å². The van der Waals surface area contributed by atoms with Crippen LogP contribution in [0.3, 0.4) is 0 Å². The van der Waals surface area contributed by atoms with Crippen molar-refractivity contribution < 1.29 is 0 Å². The molecule has 2 aromatic rings. The van der Waals surface area contributed by atoms with Crippen LogP contribution in [0.4, 0.5) is 0 Å². The number of aromatic nitrogens is 2. The molecule has 0 amide bonds. The van der Waals surface area contributed by atoms with Crippen LogP contribution in [0.1, 0.15) is 0 Å². The molecule has 0 N–H and O–H groups in total. The standard InChI is InChI=1S/C10H6Cl2N2/c11-9-3-1-2-8(10(9)12)7-4-5-13-14-6-7/h1-6H. The van der Waals surface area contributed by atoms with E-state index in [4.69, 9.17) is 23.2 Å². The van der Waals surface area contributed by atoms with Gasteiger partial charge < -0.3 is 0 Å². The largest absolute Gasteiger partial charge is 0.159 e. The molecule has 0 aliphatic rings. The molecule has 70 valence electrons. The number of benzene rings is 1. The normalized spacial score (nSPS) is 10.1. The first kappa shape index (κ1) is 9.44. The molecular formula is C10H6Cl2N2. The molecule has 0 fully saturated rings. The summed E-state index contributed by atoms with van der Waals surface area (Å²) in [7, 11) is 0. The molecule has 0 saturated heterocycles. The van der Waals surface area contributed by atoms with Crippen LogP contribution in [-0.2, 0) is 0 Å². The summed E-state index contributed by atoms with van der Waals surface area (Å²) in [6.07, 6.45) is 3.27. The summed E-state index contributed by atoms with van der Waals surface area (Å²) in [5, 5.41) is 8.56. The minimum absolute atomic E-state index is 0.543. The molecular weight excluding hydrogens is 219 g/mol. The quantitative estimate of drug-likeness (QED) is 0.742. The number of rotatable bonds is 1.